The molecule has 0 amide bonds. The van der Waals surface area contributed by atoms with E-state index in [2.05, 4.69) is 50.6 Å². The molecule has 0 unspecified atom stereocenters. The lowest BCUT2D eigenvalue weighted by Gasteiger charge is -2.19. The molecule has 0 fully saturated rings. The van der Waals surface area contributed by atoms with Gasteiger partial charge in [-0.15, -0.1) is 22.7 Å². The Kier molecular flexibility index (Phi) is 3.28. The van der Waals surface area contributed by atoms with Crippen LogP contribution in [0.2, 0.25) is 0 Å². The highest BCUT2D eigenvalue weighted by atomic mass is 32.1. The molecule has 0 N–H and O–H groups in total. The van der Waals surface area contributed by atoms with Crippen molar-refractivity contribution in [1.82, 2.24) is 0 Å². The molecule has 0 nitrogen and oxygen atoms in total. The average Bonchev–Trinajstić information content (AvgIpc) is 3.16. The van der Waals surface area contributed by atoms with E-state index >= 15 is 0 Å². The Labute approximate surface area is 139 Å². The van der Waals surface area contributed by atoms with E-state index in [4.69, 9.17) is 0 Å². The van der Waals surface area contributed by atoms with E-state index < -0.39 is 0 Å². The Balaban J connectivity index is 2.41. The highest BCUT2D eigenvalue weighted by molar-refractivity contribution is 7.20. The van der Waals surface area contributed by atoms with Crippen molar-refractivity contribution in [2.45, 2.75) is 40.5 Å². The molecular weight excluding hydrogens is 304 g/mol. The predicted molar refractivity (Wildman–Crippen MR) is 103 cm³/mol. The molecule has 0 atom stereocenters. The molecular formula is C20H20S2. The predicted octanol–water partition coefficient (Wildman–Crippen LogP) is 7.01. The largest absolute Gasteiger partial charge is 0.143 e. The van der Waals surface area contributed by atoms with Crippen LogP contribution in [0.5, 0.6) is 0 Å². The van der Waals surface area contributed by atoms with Gasteiger partial charge in [-0.2, -0.15) is 0 Å². The van der Waals surface area contributed by atoms with Crippen molar-refractivity contribution in [1.29, 1.82) is 0 Å². The van der Waals surface area contributed by atoms with Gasteiger partial charge in [0.2, 0.25) is 0 Å². The first-order valence-electron chi connectivity index (χ1n) is 7.99. The van der Waals surface area contributed by atoms with Gasteiger partial charge in [0, 0.05) is 30.9 Å². The van der Waals surface area contributed by atoms with E-state index in [1.165, 1.54) is 42.1 Å². The van der Waals surface area contributed by atoms with Crippen LogP contribution < -0.4 is 0 Å². The summed E-state index contributed by atoms with van der Waals surface area (Å²) < 4.78 is 2.94. The third kappa shape index (κ3) is 1.68. The van der Waals surface area contributed by atoms with Gasteiger partial charge in [0.1, 0.15) is 0 Å². The molecule has 22 heavy (non-hydrogen) atoms. The molecule has 112 valence electrons. The lowest BCUT2D eigenvalue weighted by molar-refractivity contribution is 1.01. The van der Waals surface area contributed by atoms with Crippen LogP contribution in [-0.4, -0.2) is 0 Å². The third-order valence-corrected chi connectivity index (χ3v) is 6.92. The summed E-state index contributed by atoms with van der Waals surface area (Å²) in [6.07, 6.45) is 2.25. The molecule has 0 aliphatic rings. The minimum atomic E-state index is 1.13. The maximum atomic E-state index is 2.33. The topological polar surface area (TPSA) is 0 Å². The summed E-state index contributed by atoms with van der Waals surface area (Å²) in [5, 5.41) is 10.4. The molecule has 2 heteroatoms. The molecule has 0 radical (unpaired) electrons. The van der Waals surface area contributed by atoms with Crippen LogP contribution in [0.3, 0.4) is 0 Å². The Hall–Kier alpha value is -1.38. The lowest BCUT2D eigenvalue weighted by Crippen LogP contribution is -2.00. The summed E-state index contributed by atoms with van der Waals surface area (Å²) >= 11 is 3.79. The first kappa shape index (κ1) is 14.2. The van der Waals surface area contributed by atoms with Gasteiger partial charge in [-0.1, -0.05) is 13.8 Å². The second-order valence-corrected chi connectivity index (χ2v) is 7.82. The van der Waals surface area contributed by atoms with Crippen LogP contribution >= 0.6 is 22.7 Å². The Bertz CT molecular complexity index is 932. The second kappa shape index (κ2) is 5.07. The number of thiophene rings is 2. The molecule has 2 aromatic carbocycles. The molecule has 4 aromatic rings. The van der Waals surface area contributed by atoms with Gasteiger partial charge in [-0.3, -0.25) is 0 Å². The zero-order chi connectivity index (χ0) is 15.4. The molecule has 2 aromatic heterocycles. The number of aryl methyl sites for hydroxylation is 2. The normalized spacial score (nSPS) is 12.0. The average molecular weight is 325 g/mol. The van der Waals surface area contributed by atoms with Gasteiger partial charge in [0.05, 0.1) is 0 Å². The molecule has 0 saturated heterocycles. The van der Waals surface area contributed by atoms with E-state index in [1.54, 1.807) is 11.1 Å². The van der Waals surface area contributed by atoms with Crippen LogP contribution in [0.4, 0.5) is 0 Å². The lowest BCUT2D eigenvalue weighted by atomic mass is 9.87. The first-order chi connectivity index (χ1) is 10.7. The zero-order valence-electron chi connectivity index (χ0n) is 13.5. The van der Waals surface area contributed by atoms with E-state index in [-0.39, 0.29) is 0 Å². The minimum absolute atomic E-state index is 1.13. The summed E-state index contributed by atoms with van der Waals surface area (Å²) in [4.78, 5) is 0. The van der Waals surface area contributed by atoms with Crippen LogP contribution in [-0.2, 0) is 12.8 Å². The smallest absolute Gasteiger partial charge is 0.0431 e. The molecule has 2 heterocycles. The second-order valence-electron chi connectivity index (χ2n) is 5.99. The summed E-state index contributed by atoms with van der Waals surface area (Å²) in [5.41, 5.74) is 6.14. The van der Waals surface area contributed by atoms with Crippen LogP contribution in [0.15, 0.2) is 22.9 Å². The van der Waals surface area contributed by atoms with Crippen molar-refractivity contribution in [2.24, 2.45) is 0 Å². The van der Waals surface area contributed by atoms with Crippen LogP contribution in [0, 0.1) is 13.8 Å². The SMILES string of the molecule is CCc1c(CC)c(C)c2c3sccc3c3ccsc3c2c1C. The third-order valence-electron chi connectivity index (χ3n) is 5.05. The molecule has 0 spiro atoms. The first-order valence-corrected chi connectivity index (χ1v) is 9.75. The molecule has 0 aliphatic heterocycles. The molecule has 0 bridgehead atoms. The monoisotopic (exact) mass is 324 g/mol. The van der Waals surface area contributed by atoms with Crippen molar-refractivity contribution < 1.29 is 0 Å². The van der Waals surface area contributed by atoms with Gasteiger partial charge >= 0.3 is 0 Å². The van der Waals surface area contributed by atoms with Crippen LogP contribution in [0.1, 0.15) is 36.1 Å². The summed E-state index contributed by atoms with van der Waals surface area (Å²) in [7, 11) is 0. The Morgan fingerprint density at radius 2 is 1.14 bits per heavy atom. The molecule has 0 aliphatic carbocycles. The van der Waals surface area contributed by atoms with Gasteiger partial charge < -0.3 is 0 Å². The highest BCUT2D eigenvalue weighted by Crippen LogP contribution is 2.44. The summed E-state index contributed by atoms with van der Waals surface area (Å²) in [6.45, 7) is 9.25. The molecule has 4 rings (SSSR count). The maximum absolute atomic E-state index is 2.33. The zero-order valence-corrected chi connectivity index (χ0v) is 15.2. The maximum Gasteiger partial charge on any atom is 0.0431 e. The van der Waals surface area contributed by atoms with E-state index in [0.29, 0.717) is 0 Å². The number of fused-ring (bicyclic) bond motifs is 6. The Morgan fingerprint density at radius 3 is 1.50 bits per heavy atom. The Morgan fingerprint density at radius 1 is 0.727 bits per heavy atom. The summed E-state index contributed by atoms with van der Waals surface area (Å²) in [6, 6.07) is 4.59. The van der Waals surface area contributed by atoms with Crippen molar-refractivity contribution in [3.63, 3.8) is 0 Å². The van der Waals surface area contributed by atoms with Gasteiger partial charge in [0.15, 0.2) is 0 Å². The van der Waals surface area contributed by atoms with Crippen molar-refractivity contribution >= 4 is 53.6 Å². The van der Waals surface area contributed by atoms with Gasteiger partial charge in [0.25, 0.3) is 0 Å². The fraction of sp³-hybridized carbons (Fsp3) is 0.300. The summed E-state index contributed by atoms with van der Waals surface area (Å²) in [5.74, 6) is 0. The number of hydrogen-bond acceptors (Lipinski definition) is 2. The fourth-order valence-electron chi connectivity index (χ4n) is 4.08. The van der Waals surface area contributed by atoms with E-state index in [1.807, 2.05) is 22.7 Å². The van der Waals surface area contributed by atoms with Crippen molar-refractivity contribution in [3.8, 4) is 0 Å². The number of rotatable bonds is 2. The van der Waals surface area contributed by atoms with Crippen molar-refractivity contribution in [2.75, 3.05) is 0 Å². The fourth-order valence-corrected chi connectivity index (χ4v) is 6.12. The molecule has 0 saturated carbocycles. The van der Waals surface area contributed by atoms with Crippen LogP contribution in [0.25, 0.3) is 30.9 Å². The van der Waals surface area contributed by atoms with Gasteiger partial charge in [-0.25, -0.2) is 0 Å². The quantitative estimate of drug-likeness (QED) is 0.372. The van der Waals surface area contributed by atoms with E-state index in [9.17, 15) is 0 Å². The van der Waals surface area contributed by atoms with Crippen molar-refractivity contribution in [3.05, 3.63) is 45.1 Å². The van der Waals surface area contributed by atoms with E-state index in [0.717, 1.165) is 12.8 Å². The number of benzene rings is 2. The standard InChI is InChI=1S/C20H20S2/c1-5-13-11(3)17-18(12(4)14(13)6-2)20-16(8-10-22-20)15-7-9-21-19(15)17/h7-10H,5-6H2,1-4H3. The van der Waals surface area contributed by atoms with Gasteiger partial charge in [-0.05, 0) is 71.8 Å². The number of hydrogen-bond donors (Lipinski definition) is 0. The minimum Gasteiger partial charge on any atom is -0.143 e. The highest BCUT2D eigenvalue weighted by Gasteiger charge is 2.19.